The van der Waals surface area contributed by atoms with Crippen LogP contribution in [0.1, 0.15) is 10.4 Å². The lowest BCUT2D eigenvalue weighted by molar-refractivity contribution is 0.583. The summed E-state index contributed by atoms with van der Waals surface area (Å²) in [4.78, 5) is 8.83. The van der Waals surface area contributed by atoms with Crippen LogP contribution < -0.4 is 0 Å². The fourth-order valence-corrected chi connectivity index (χ4v) is 2.47. The van der Waals surface area contributed by atoms with Gasteiger partial charge in [-0.2, -0.15) is 4.39 Å². The summed E-state index contributed by atoms with van der Waals surface area (Å²) < 4.78 is 12.5. The molecule has 0 N–H and O–H groups in total. The first-order valence-corrected chi connectivity index (χ1v) is 6.58. The number of fused-ring (bicyclic) bond motifs is 2. The molecule has 19 heavy (non-hydrogen) atoms. The fourth-order valence-electron chi connectivity index (χ4n) is 1.71. The smallest absolute Gasteiger partial charge is 0.231 e. The summed E-state index contributed by atoms with van der Waals surface area (Å²) in [5, 5.41) is 2.10. The van der Waals surface area contributed by atoms with Crippen molar-refractivity contribution in [2.75, 3.05) is 0 Å². The Morgan fingerprint density at radius 1 is 1.05 bits per heavy atom. The van der Waals surface area contributed by atoms with Crippen molar-refractivity contribution in [3.8, 4) is 0 Å². The van der Waals surface area contributed by atoms with Crippen molar-refractivity contribution in [3.05, 3.63) is 64.0 Å². The lowest BCUT2D eigenvalue weighted by atomic mass is 10.3. The maximum absolute atomic E-state index is 12.5. The van der Waals surface area contributed by atoms with E-state index in [-0.39, 0.29) is 0 Å². The number of hydrogen-bond acceptors (Lipinski definition) is 3. The van der Waals surface area contributed by atoms with Gasteiger partial charge in [0.05, 0.1) is 17.2 Å². The van der Waals surface area contributed by atoms with Gasteiger partial charge in [-0.15, -0.1) is 17.1 Å². The molecule has 0 bridgehead atoms. The number of rotatable bonds is 0. The summed E-state index contributed by atoms with van der Waals surface area (Å²) in [5.74, 6) is -0.538. The first-order valence-electron chi connectivity index (χ1n) is 5.70. The third-order valence-electron chi connectivity index (χ3n) is 2.60. The van der Waals surface area contributed by atoms with Crippen molar-refractivity contribution in [2.24, 2.45) is 0 Å². The molecule has 0 saturated heterocycles. The molecule has 4 rings (SSSR count). The van der Waals surface area contributed by atoms with E-state index in [9.17, 15) is 4.39 Å². The zero-order valence-corrected chi connectivity index (χ0v) is 10.7. The van der Waals surface area contributed by atoms with E-state index < -0.39 is 5.95 Å². The van der Waals surface area contributed by atoms with Gasteiger partial charge in [0.15, 0.2) is 0 Å². The van der Waals surface area contributed by atoms with E-state index in [1.54, 1.807) is 29.5 Å². The van der Waals surface area contributed by atoms with Crippen LogP contribution in [0.2, 0.25) is 0 Å². The monoisotopic (exact) mass is 268 g/mol. The zero-order chi connectivity index (χ0) is 13.1. The van der Waals surface area contributed by atoms with Crippen LogP contribution in [0.3, 0.4) is 0 Å². The molecule has 0 aliphatic heterocycles. The standard InChI is InChI=1S/C8H5FN2.C7H4S/c9-8-5-10-6-3-1-2-4-7(6)11-8;1-2-6-4-5-8-7(6)3-1/h1-5H;2-5H. The molecular formula is C15H9FN2S. The maximum atomic E-state index is 12.5. The van der Waals surface area contributed by atoms with Crippen molar-refractivity contribution >= 4 is 34.5 Å². The molecule has 2 nitrogen and oxygen atoms in total. The Labute approximate surface area is 113 Å². The molecule has 0 unspecified atom stereocenters. The number of thiophene rings is 1. The number of para-hydroxylation sites is 2. The van der Waals surface area contributed by atoms with E-state index >= 15 is 0 Å². The van der Waals surface area contributed by atoms with Crippen molar-refractivity contribution in [1.29, 1.82) is 0 Å². The molecule has 1 aliphatic rings. The highest BCUT2D eigenvalue weighted by Crippen LogP contribution is 2.22. The number of halogens is 1. The van der Waals surface area contributed by atoms with E-state index in [0.29, 0.717) is 11.0 Å². The summed E-state index contributed by atoms with van der Waals surface area (Å²) in [5.41, 5.74) is 5.65. The number of aromatic nitrogens is 2. The van der Waals surface area contributed by atoms with Gasteiger partial charge in [0.1, 0.15) is 0 Å². The van der Waals surface area contributed by atoms with E-state index in [2.05, 4.69) is 27.1 Å². The lowest BCUT2D eigenvalue weighted by Gasteiger charge is -1.92. The number of hydrogen-bond donors (Lipinski definition) is 0. The van der Waals surface area contributed by atoms with Gasteiger partial charge in [0, 0.05) is 10.4 Å². The Balaban J connectivity index is 0.000000122. The summed E-state index contributed by atoms with van der Waals surface area (Å²) in [6.45, 7) is 0. The van der Waals surface area contributed by atoms with Crippen LogP contribution in [0, 0.1) is 5.95 Å². The highest BCUT2D eigenvalue weighted by molar-refractivity contribution is 7.11. The first kappa shape index (κ1) is 11.8. The van der Waals surface area contributed by atoms with Gasteiger partial charge < -0.3 is 0 Å². The molecule has 0 atom stereocenters. The van der Waals surface area contributed by atoms with Gasteiger partial charge >= 0.3 is 0 Å². The second-order valence-electron chi connectivity index (χ2n) is 3.88. The number of nitrogens with zero attached hydrogens (tertiary/aromatic N) is 2. The van der Waals surface area contributed by atoms with Gasteiger partial charge in [-0.25, -0.2) is 9.97 Å². The highest BCUT2D eigenvalue weighted by atomic mass is 32.1. The van der Waals surface area contributed by atoms with E-state index in [1.165, 1.54) is 10.4 Å². The van der Waals surface area contributed by atoms with Gasteiger partial charge in [0.2, 0.25) is 5.95 Å². The lowest BCUT2D eigenvalue weighted by Crippen LogP contribution is -1.86. The largest absolute Gasteiger partial charge is 0.250 e. The van der Waals surface area contributed by atoms with Crippen LogP contribution in [0.15, 0.2) is 47.6 Å². The van der Waals surface area contributed by atoms with Gasteiger partial charge in [-0.1, -0.05) is 12.1 Å². The predicted molar refractivity (Wildman–Crippen MR) is 76.3 cm³/mol. The van der Waals surface area contributed by atoms with Crippen LogP contribution in [-0.4, -0.2) is 9.97 Å². The average Bonchev–Trinajstić information content (AvgIpc) is 3.02. The van der Waals surface area contributed by atoms with Crippen LogP contribution in [0.4, 0.5) is 4.39 Å². The number of benzene rings is 1. The topological polar surface area (TPSA) is 25.8 Å². The molecule has 2 aromatic heterocycles. The van der Waals surface area contributed by atoms with Crippen LogP contribution in [-0.2, 0) is 0 Å². The normalized spacial score (nSPS) is 11.2. The van der Waals surface area contributed by atoms with Crippen molar-refractivity contribution < 1.29 is 4.39 Å². The molecule has 2 heterocycles. The van der Waals surface area contributed by atoms with E-state index in [0.717, 1.165) is 6.20 Å². The van der Waals surface area contributed by atoms with Crippen LogP contribution >= 0.6 is 11.3 Å². The predicted octanol–water partition coefficient (Wildman–Crippen LogP) is 4.16. The minimum atomic E-state index is -0.538. The second kappa shape index (κ2) is 5.14. The third kappa shape index (κ3) is 2.60. The maximum Gasteiger partial charge on any atom is 0.231 e. The molecule has 1 aliphatic carbocycles. The first-order chi connectivity index (χ1) is 9.33. The third-order valence-corrected chi connectivity index (χ3v) is 3.48. The molecule has 1 aromatic carbocycles. The summed E-state index contributed by atoms with van der Waals surface area (Å²) >= 11 is 1.76. The molecule has 0 amide bonds. The van der Waals surface area contributed by atoms with E-state index in [4.69, 9.17) is 0 Å². The Hall–Kier alpha value is -2.29. The van der Waals surface area contributed by atoms with Gasteiger partial charge in [-0.05, 0) is 35.7 Å². The molecule has 3 aromatic rings. The summed E-state index contributed by atoms with van der Waals surface area (Å²) in [7, 11) is 0. The van der Waals surface area contributed by atoms with Crippen molar-refractivity contribution in [3.63, 3.8) is 0 Å². The molecule has 92 valence electrons. The quantitative estimate of drug-likeness (QED) is 0.448. The Bertz CT molecular complexity index is 763. The van der Waals surface area contributed by atoms with Gasteiger partial charge in [-0.3, -0.25) is 0 Å². The molecule has 0 fully saturated rings. The van der Waals surface area contributed by atoms with Crippen LogP contribution in [0.5, 0.6) is 0 Å². The van der Waals surface area contributed by atoms with Crippen LogP contribution in [0.25, 0.3) is 23.2 Å². The molecule has 0 saturated carbocycles. The Morgan fingerprint density at radius 2 is 1.89 bits per heavy atom. The molecule has 0 spiro atoms. The van der Waals surface area contributed by atoms with Crippen molar-refractivity contribution in [2.45, 2.75) is 0 Å². The SMILES string of the molecule is C1=Cc2ccsc2C=1.Fc1cnc2ccccc2n1. The zero-order valence-electron chi connectivity index (χ0n) is 9.88. The Kier molecular flexibility index (Phi) is 3.19. The molecule has 0 radical (unpaired) electrons. The minimum Gasteiger partial charge on any atom is -0.250 e. The van der Waals surface area contributed by atoms with Crippen molar-refractivity contribution in [1.82, 2.24) is 9.97 Å². The summed E-state index contributed by atoms with van der Waals surface area (Å²) in [6.07, 6.45) is 5.13. The van der Waals surface area contributed by atoms with E-state index in [1.807, 2.05) is 18.2 Å². The minimum absolute atomic E-state index is 0.538. The highest BCUT2D eigenvalue weighted by Gasteiger charge is 1.98. The second-order valence-corrected chi connectivity index (χ2v) is 4.82. The summed E-state index contributed by atoms with van der Waals surface area (Å²) in [6, 6.07) is 9.27. The molecule has 4 heteroatoms. The average molecular weight is 268 g/mol. The fraction of sp³-hybridized carbons (Fsp3) is 0. The molecular weight excluding hydrogens is 259 g/mol. The Morgan fingerprint density at radius 3 is 2.74 bits per heavy atom. The van der Waals surface area contributed by atoms with Gasteiger partial charge in [0.25, 0.3) is 0 Å².